The molecule has 0 amide bonds. The van der Waals surface area contributed by atoms with E-state index in [1.165, 1.54) is 0 Å². The van der Waals surface area contributed by atoms with Gasteiger partial charge in [-0.1, -0.05) is 0 Å². The van der Waals surface area contributed by atoms with Crippen LogP contribution >= 0.6 is 0 Å². The summed E-state index contributed by atoms with van der Waals surface area (Å²) >= 11 is -4.12. The molecule has 1 aliphatic rings. The molecule has 0 bridgehead atoms. The summed E-state index contributed by atoms with van der Waals surface area (Å²) < 4.78 is 25.3. The summed E-state index contributed by atoms with van der Waals surface area (Å²) in [6.07, 6.45) is 5.49. The van der Waals surface area contributed by atoms with Crippen molar-refractivity contribution in [3.8, 4) is 0 Å². The number of halogens is 2. The normalized spacial score (nSPS) is 20.1. The first kappa shape index (κ1) is 7.07. The number of allylic oxidation sites excluding steroid dienone is 4. The SMILES string of the molecule is [CH3][Rh]([F])([F])[C]1=CC=CC1. The third-order valence-corrected chi connectivity index (χ3v) is 3.54. The maximum atomic E-state index is 12.5. The van der Waals surface area contributed by atoms with Gasteiger partial charge in [-0.25, -0.2) is 0 Å². The van der Waals surface area contributed by atoms with Gasteiger partial charge in [-0.3, -0.25) is 0 Å². The molecule has 1 rings (SSSR count). The molecule has 9 heavy (non-hydrogen) atoms. The molecule has 0 aromatic rings. The Morgan fingerprint density at radius 3 is 2.44 bits per heavy atom. The Morgan fingerprint density at radius 1 is 1.56 bits per heavy atom. The first-order valence-corrected chi connectivity index (χ1v) is 6.17. The van der Waals surface area contributed by atoms with E-state index in [9.17, 15) is 6.63 Å². The number of rotatable bonds is 1. The van der Waals surface area contributed by atoms with E-state index in [-0.39, 0.29) is 0 Å². The maximum absolute atomic E-state index is 12.5. The molecule has 55 valence electrons. The van der Waals surface area contributed by atoms with Crippen LogP contribution in [0.1, 0.15) is 6.42 Å². The monoisotopic (exact) mass is 221 g/mol. The van der Waals surface area contributed by atoms with Gasteiger partial charge in [0.25, 0.3) is 0 Å². The average Bonchev–Trinajstić information content (AvgIpc) is 2.08. The predicted molar refractivity (Wildman–Crippen MR) is 29.9 cm³/mol. The second-order valence-corrected chi connectivity index (χ2v) is 5.77. The summed E-state index contributed by atoms with van der Waals surface area (Å²) in [5.74, 6) is 0. The summed E-state index contributed by atoms with van der Waals surface area (Å²) in [4.78, 5) is 0. The van der Waals surface area contributed by atoms with Crippen molar-refractivity contribution in [3.05, 3.63) is 22.4 Å². The van der Waals surface area contributed by atoms with Gasteiger partial charge in [0.1, 0.15) is 0 Å². The number of hydrogen-bond donors (Lipinski definition) is 0. The zero-order valence-electron chi connectivity index (χ0n) is 5.03. The molecule has 0 radical (unpaired) electrons. The van der Waals surface area contributed by atoms with Crippen molar-refractivity contribution in [2.45, 2.75) is 11.9 Å². The molecule has 0 fully saturated rings. The second-order valence-electron chi connectivity index (χ2n) is 1.81. The molecule has 0 saturated heterocycles. The standard InChI is InChI=1S/C5H5.CH3.2FH.Rh/c1-2-4-5-3-1;;;;/h1-3H,4H2;1H3;2*1H;/q;;;;+2/p-2. The Bertz CT molecular complexity index is 164. The molecule has 0 aliphatic heterocycles. The van der Waals surface area contributed by atoms with Crippen LogP contribution in [0.2, 0.25) is 5.52 Å². The van der Waals surface area contributed by atoms with Gasteiger partial charge < -0.3 is 0 Å². The quantitative estimate of drug-likeness (QED) is 0.597. The van der Waals surface area contributed by atoms with Crippen molar-refractivity contribution in [1.29, 1.82) is 0 Å². The minimum atomic E-state index is -4.12. The third-order valence-electron chi connectivity index (χ3n) is 1.09. The van der Waals surface area contributed by atoms with Gasteiger partial charge >= 0.3 is 56.7 Å². The Labute approximate surface area is 57.2 Å². The van der Waals surface area contributed by atoms with Crippen LogP contribution < -0.4 is 0 Å². The first-order valence-electron chi connectivity index (χ1n) is 2.47. The average molecular weight is 221 g/mol. The van der Waals surface area contributed by atoms with Crippen LogP contribution in [-0.2, 0) is 15.8 Å². The summed E-state index contributed by atoms with van der Waals surface area (Å²) in [5, 5.41) is 0. The third kappa shape index (κ3) is 1.69. The fraction of sp³-hybridized carbons (Fsp3) is 0.333. The van der Waals surface area contributed by atoms with Crippen LogP contribution in [0.5, 0.6) is 0 Å². The second kappa shape index (κ2) is 2.30. The summed E-state index contributed by atoms with van der Waals surface area (Å²) in [5.41, 5.74) is 1.08. The molecule has 3 heteroatoms. The van der Waals surface area contributed by atoms with E-state index < -0.39 is 15.8 Å². The van der Waals surface area contributed by atoms with Crippen LogP contribution in [0.25, 0.3) is 0 Å². The van der Waals surface area contributed by atoms with Crippen molar-refractivity contribution in [1.82, 2.24) is 0 Å². The van der Waals surface area contributed by atoms with Gasteiger partial charge in [0.2, 0.25) is 0 Å². The van der Waals surface area contributed by atoms with E-state index in [1.807, 2.05) is 0 Å². The van der Waals surface area contributed by atoms with Crippen molar-refractivity contribution in [2.75, 3.05) is 0 Å². The van der Waals surface area contributed by atoms with Crippen LogP contribution in [0.3, 0.4) is 0 Å². The van der Waals surface area contributed by atoms with E-state index in [4.69, 9.17) is 0 Å². The van der Waals surface area contributed by atoms with Gasteiger partial charge in [0.15, 0.2) is 0 Å². The van der Waals surface area contributed by atoms with Gasteiger partial charge in [-0.05, 0) is 0 Å². The molecule has 0 saturated carbocycles. The van der Waals surface area contributed by atoms with Crippen LogP contribution in [-0.4, -0.2) is 0 Å². The summed E-state index contributed by atoms with van der Waals surface area (Å²) in [6, 6.07) is 0. The van der Waals surface area contributed by atoms with E-state index in [0.717, 1.165) is 5.52 Å². The van der Waals surface area contributed by atoms with Crippen LogP contribution in [0.4, 0.5) is 6.63 Å². The minimum absolute atomic E-state index is 0.371. The Kier molecular flexibility index (Phi) is 1.81. The molecule has 0 N–H and O–H groups in total. The van der Waals surface area contributed by atoms with Crippen LogP contribution in [0.15, 0.2) is 22.4 Å². The molecule has 0 aromatic carbocycles. The van der Waals surface area contributed by atoms with Gasteiger partial charge in [0, 0.05) is 0 Å². The molecular formula is C6H8F2Rh. The predicted octanol–water partition coefficient (Wildman–Crippen LogP) is 2.80. The van der Waals surface area contributed by atoms with Crippen molar-refractivity contribution < 1.29 is 22.4 Å². The Balaban J connectivity index is 2.66. The van der Waals surface area contributed by atoms with E-state index >= 15 is 0 Å². The van der Waals surface area contributed by atoms with Gasteiger partial charge in [-0.2, -0.15) is 0 Å². The van der Waals surface area contributed by atoms with E-state index in [2.05, 4.69) is 0 Å². The first-order chi connectivity index (χ1) is 4.11. The Hall–Kier alpha value is -0.0366. The summed E-state index contributed by atoms with van der Waals surface area (Å²) in [6.45, 7) is 0. The molecule has 0 heterocycles. The van der Waals surface area contributed by atoms with E-state index in [0.29, 0.717) is 10.6 Å². The molecule has 0 spiro atoms. The van der Waals surface area contributed by atoms with Crippen molar-refractivity contribution in [2.24, 2.45) is 0 Å². The van der Waals surface area contributed by atoms with Crippen LogP contribution in [0, 0.1) is 0 Å². The molecule has 0 atom stereocenters. The number of hydrogen-bond acceptors (Lipinski definition) is 0. The zero-order valence-corrected chi connectivity index (χ0v) is 6.67. The van der Waals surface area contributed by atoms with Crippen molar-refractivity contribution >= 4 is 0 Å². The zero-order chi connectivity index (χ0) is 6.91. The summed E-state index contributed by atoms with van der Waals surface area (Å²) in [7, 11) is 0. The van der Waals surface area contributed by atoms with Gasteiger partial charge in [-0.15, -0.1) is 0 Å². The topological polar surface area (TPSA) is 0 Å². The molecule has 0 nitrogen and oxygen atoms in total. The molecule has 0 aromatic heterocycles. The van der Waals surface area contributed by atoms with E-state index in [1.54, 1.807) is 18.2 Å². The fourth-order valence-electron chi connectivity index (χ4n) is 0.629. The van der Waals surface area contributed by atoms with Gasteiger partial charge in [0.05, 0.1) is 0 Å². The molecule has 0 unspecified atom stereocenters. The van der Waals surface area contributed by atoms with Crippen molar-refractivity contribution in [3.63, 3.8) is 0 Å². The fourth-order valence-corrected chi connectivity index (χ4v) is 2.05. The Morgan fingerprint density at radius 2 is 2.22 bits per heavy atom. The molecular weight excluding hydrogens is 213 g/mol. The molecule has 1 aliphatic carbocycles.